The van der Waals surface area contributed by atoms with Crippen LogP contribution in [0.15, 0.2) is 71.8 Å². The highest BCUT2D eigenvalue weighted by atomic mass is 32.1. The first-order valence-corrected chi connectivity index (χ1v) is 13.9. The van der Waals surface area contributed by atoms with Crippen LogP contribution >= 0.6 is 11.3 Å². The number of H-pyrrole nitrogens is 2. The van der Waals surface area contributed by atoms with Crippen molar-refractivity contribution >= 4 is 44.9 Å². The predicted octanol–water partition coefficient (Wildman–Crippen LogP) is 7.42. The summed E-state index contributed by atoms with van der Waals surface area (Å²) in [7, 11) is 0. The molecule has 1 fully saturated rings. The summed E-state index contributed by atoms with van der Waals surface area (Å²) in [5, 5.41) is 17.2. The number of thiophene rings is 1. The van der Waals surface area contributed by atoms with E-state index in [2.05, 4.69) is 71.6 Å². The molecule has 0 saturated heterocycles. The molecule has 1 aliphatic carbocycles. The summed E-state index contributed by atoms with van der Waals surface area (Å²) in [5.41, 5.74) is 8.55. The van der Waals surface area contributed by atoms with Gasteiger partial charge in [0.25, 0.3) is 0 Å². The SMILES string of the molecule is O=C(Nc1cncc(-c2ccc3[nH]nc(-c4cc5c(-c6ccsc6)ccnc5[nH]4)c3c2)c1)C1CCCCC1. The zero-order valence-electron chi connectivity index (χ0n) is 20.7. The number of carbonyl (C=O) groups is 1. The third-order valence-corrected chi connectivity index (χ3v) is 8.18. The molecule has 0 atom stereocenters. The zero-order chi connectivity index (χ0) is 25.5. The van der Waals surface area contributed by atoms with Gasteiger partial charge in [-0.25, -0.2) is 4.98 Å². The number of anilines is 1. The maximum atomic E-state index is 12.8. The molecule has 1 saturated carbocycles. The number of aromatic amines is 2. The molecule has 1 aliphatic rings. The molecule has 3 N–H and O–H groups in total. The minimum Gasteiger partial charge on any atom is -0.338 e. The normalized spacial score (nSPS) is 14.3. The van der Waals surface area contributed by atoms with Crippen molar-refractivity contribution in [3.63, 3.8) is 0 Å². The average molecular weight is 519 g/mol. The Hall–Kier alpha value is -4.30. The topological polar surface area (TPSA) is 99.3 Å². The lowest BCUT2D eigenvalue weighted by Gasteiger charge is -2.20. The quantitative estimate of drug-likeness (QED) is 0.221. The zero-order valence-corrected chi connectivity index (χ0v) is 21.5. The van der Waals surface area contributed by atoms with E-state index in [1.54, 1.807) is 17.5 Å². The van der Waals surface area contributed by atoms with E-state index in [0.717, 1.165) is 81.4 Å². The third-order valence-electron chi connectivity index (χ3n) is 7.50. The summed E-state index contributed by atoms with van der Waals surface area (Å²) in [6, 6.07) is 14.5. The Kier molecular flexibility index (Phi) is 5.74. The van der Waals surface area contributed by atoms with Gasteiger partial charge in [0, 0.05) is 34.6 Å². The van der Waals surface area contributed by atoms with Gasteiger partial charge in [-0.15, -0.1) is 0 Å². The second kappa shape index (κ2) is 9.54. The van der Waals surface area contributed by atoms with Gasteiger partial charge in [-0.05, 0) is 76.7 Å². The van der Waals surface area contributed by atoms with E-state index >= 15 is 0 Å². The molecule has 0 bridgehead atoms. The van der Waals surface area contributed by atoms with E-state index in [1.165, 1.54) is 12.0 Å². The van der Waals surface area contributed by atoms with Gasteiger partial charge in [0.1, 0.15) is 11.3 Å². The van der Waals surface area contributed by atoms with Crippen LogP contribution in [0.5, 0.6) is 0 Å². The summed E-state index contributed by atoms with van der Waals surface area (Å²) < 4.78 is 0. The standard InChI is InChI=1S/C30H26N6OS/c37-30(18-4-2-1-3-5-18)33-22-12-21(15-31-16-22)19-6-7-26-25(13-19)28(36-35-26)27-14-24-23(20-9-11-38-17-20)8-10-32-29(24)34-27/h6-18H,1-5H2,(H,32,34)(H,33,37)(H,35,36). The first kappa shape index (κ1) is 22.9. The van der Waals surface area contributed by atoms with Crippen molar-refractivity contribution in [1.82, 2.24) is 25.1 Å². The Morgan fingerprint density at radius 3 is 2.74 bits per heavy atom. The number of nitrogens with one attached hydrogen (secondary N) is 3. The van der Waals surface area contributed by atoms with E-state index in [9.17, 15) is 4.79 Å². The molecule has 5 aromatic heterocycles. The Labute approximate surface area is 223 Å². The predicted molar refractivity (Wildman–Crippen MR) is 153 cm³/mol. The minimum atomic E-state index is 0.100. The monoisotopic (exact) mass is 518 g/mol. The van der Waals surface area contributed by atoms with Crippen molar-refractivity contribution in [3.8, 4) is 33.6 Å². The lowest BCUT2D eigenvalue weighted by atomic mass is 9.88. The van der Waals surface area contributed by atoms with Crippen molar-refractivity contribution in [2.24, 2.45) is 5.92 Å². The lowest BCUT2D eigenvalue weighted by Crippen LogP contribution is -2.24. The van der Waals surface area contributed by atoms with Crippen LogP contribution in [0.4, 0.5) is 5.69 Å². The summed E-state index contributed by atoms with van der Waals surface area (Å²) >= 11 is 1.68. The van der Waals surface area contributed by atoms with E-state index in [0.29, 0.717) is 0 Å². The van der Waals surface area contributed by atoms with Gasteiger partial charge in [0.2, 0.25) is 5.91 Å². The molecule has 38 heavy (non-hydrogen) atoms. The molecule has 6 aromatic rings. The van der Waals surface area contributed by atoms with Gasteiger partial charge < -0.3 is 10.3 Å². The molecule has 0 unspecified atom stereocenters. The van der Waals surface area contributed by atoms with Crippen LogP contribution in [-0.4, -0.2) is 31.1 Å². The molecule has 0 spiro atoms. The van der Waals surface area contributed by atoms with Crippen LogP contribution in [0.25, 0.3) is 55.6 Å². The van der Waals surface area contributed by atoms with Crippen molar-refractivity contribution in [2.45, 2.75) is 32.1 Å². The Morgan fingerprint density at radius 2 is 1.87 bits per heavy atom. The Bertz CT molecular complexity index is 1760. The summed E-state index contributed by atoms with van der Waals surface area (Å²) in [4.78, 5) is 25.2. The van der Waals surface area contributed by atoms with Gasteiger partial charge in [-0.2, -0.15) is 16.4 Å². The summed E-state index contributed by atoms with van der Waals surface area (Å²) in [5.74, 6) is 0.203. The van der Waals surface area contributed by atoms with Gasteiger partial charge in [-0.1, -0.05) is 25.3 Å². The molecule has 188 valence electrons. The number of rotatable bonds is 5. The highest BCUT2D eigenvalue weighted by molar-refractivity contribution is 7.08. The second-order valence-electron chi connectivity index (χ2n) is 9.93. The molecule has 7 nitrogen and oxygen atoms in total. The number of pyridine rings is 2. The van der Waals surface area contributed by atoms with E-state index in [-0.39, 0.29) is 11.8 Å². The van der Waals surface area contributed by atoms with Crippen LogP contribution in [0.2, 0.25) is 0 Å². The minimum absolute atomic E-state index is 0.100. The molecule has 1 amide bonds. The van der Waals surface area contributed by atoms with Crippen molar-refractivity contribution in [3.05, 3.63) is 71.8 Å². The first-order chi connectivity index (χ1) is 18.7. The second-order valence-corrected chi connectivity index (χ2v) is 10.7. The first-order valence-electron chi connectivity index (χ1n) is 13.0. The Morgan fingerprint density at radius 1 is 0.947 bits per heavy atom. The highest BCUT2D eigenvalue weighted by Gasteiger charge is 2.21. The maximum absolute atomic E-state index is 12.8. The molecule has 5 heterocycles. The number of hydrogen-bond donors (Lipinski definition) is 3. The number of fused-ring (bicyclic) bond motifs is 2. The van der Waals surface area contributed by atoms with Crippen molar-refractivity contribution in [2.75, 3.05) is 5.32 Å². The fraction of sp³-hybridized carbons (Fsp3) is 0.200. The molecular weight excluding hydrogens is 492 g/mol. The van der Waals surface area contributed by atoms with E-state index in [1.807, 2.05) is 24.5 Å². The third kappa shape index (κ3) is 4.16. The van der Waals surface area contributed by atoms with Crippen molar-refractivity contribution in [1.29, 1.82) is 0 Å². The van der Waals surface area contributed by atoms with Crippen LogP contribution in [0, 0.1) is 5.92 Å². The highest BCUT2D eigenvalue weighted by Crippen LogP contribution is 2.35. The van der Waals surface area contributed by atoms with Crippen LogP contribution in [-0.2, 0) is 4.79 Å². The number of benzene rings is 1. The summed E-state index contributed by atoms with van der Waals surface area (Å²) in [6.45, 7) is 0. The average Bonchev–Trinajstić information content (AvgIpc) is 3.73. The van der Waals surface area contributed by atoms with Gasteiger partial charge in [-0.3, -0.25) is 14.9 Å². The molecule has 8 heteroatoms. The van der Waals surface area contributed by atoms with Crippen LogP contribution < -0.4 is 5.32 Å². The van der Waals surface area contributed by atoms with Crippen LogP contribution in [0.1, 0.15) is 32.1 Å². The van der Waals surface area contributed by atoms with Gasteiger partial charge in [0.15, 0.2) is 0 Å². The largest absolute Gasteiger partial charge is 0.338 e. The lowest BCUT2D eigenvalue weighted by molar-refractivity contribution is -0.120. The maximum Gasteiger partial charge on any atom is 0.227 e. The number of hydrogen-bond acceptors (Lipinski definition) is 5. The number of amides is 1. The molecule has 1 aromatic carbocycles. The van der Waals surface area contributed by atoms with E-state index < -0.39 is 0 Å². The fourth-order valence-electron chi connectivity index (χ4n) is 5.50. The van der Waals surface area contributed by atoms with Gasteiger partial charge in [0.05, 0.1) is 23.1 Å². The summed E-state index contributed by atoms with van der Waals surface area (Å²) in [6.07, 6.45) is 10.8. The van der Waals surface area contributed by atoms with E-state index in [4.69, 9.17) is 0 Å². The van der Waals surface area contributed by atoms with Crippen molar-refractivity contribution < 1.29 is 4.79 Å². The number of nitrogens with zero attached hydrogens (tertiary/aromatic N) is 3. The molecule has 0 radical (unpaired) electrons. The smallest absolute Gasteiger partial charge is 0.227 e. The number of carbonyl (C=O) groups excluding carboxylic acids is 1. The Balaban J connectivity index is 1.23. The van der Waals surface area contributed by atoms with Gasteiger partial charge >= 0.3 is 0 Å². The number of aromatic nitrogens is 5. The molecule has 7 rings (SSSR count). The van der Waals surface area contributed by atoms with Crippen LogP contribution in [0.3, 0.4) is 0 Å². The molecule has 0 aliphatic heterocycles. The molecular formula is C30H26N6OS. The fourth-order valence-corrected chi connectivity index (χ4v) is 6.15.